The largest absolute Gasteiger partial charge is 0.508 e. The maximum Gasteiger partial charge on any atom is 0.269 e. The fraction of sp³-hybridized carbons (Fsp3) is 0.136. The predicted molar refractivity (Wildman–Crippen MR) is 105 cm³/mol. The van der Waals surface area contributed by atoms with Crippen molar-refractivity contribution in [1.29, 1.82) is 0 Å². The molecule has 0 saturated carbocycles. The van der Waals surface area contributed by atoms with Crippen LogP contribution in [-0.4, -0.2) is 26.9 Å². The third-order valence-corrected chi connectivity index (χ3v) is 4.89. The summed E-state index contributed by atoms with van der Waals surface area (Å²) >= 11 is 0. The summed E-state index contributed by atoms with van der Waals surface area (Å²) in [6.07, 6.45) is -0.746. The molecule has 1 fully saturated rings. The Morgan fingerprint density at radius 2 is 1.62 bits per heavy atom. The number of amides is 1. The lowest BCUT2D eigenvalue weighted by Crippen LogP contribution is -2.60. The topological polar surface area (TPSA) is 92.9 Å². The summed E-state index contributed by atoms with van der Waals surface area (Å²) in [5.41, 5.74) is 1.73. The first kappa shape index (κ1) is 18.5. The molecule has 146 valence electrons. The lowest BCUT2D eigenvalue weighted by Gasteiger charge is -2.46. The van der Waals surface area contributed by atoms with E-state index in [2.05, 4.69) is 0 Å². The van der Waals surface area contributed by atoms with Crippen molar-refractivity contribution >= 4 is 11.6 Å². The fourth-order valence-electron chi connectivity index (χ4n) is 3.41. The molecule has 7 nitrogen and oxygen atoms in total. The average molecular weight is 390 g/mol. The molecule has 4 rings (SSSR count). The monoisotopic (exact) mass is 390 g/mol. The van der Waals surface area contributed by atoms with Crippen molar-refractivity contribution in [2.45, 2.75) is 18.7 Å². The average Bonchev–Trinajstić information content (AvgIpc) is 2.74. The third-order valence-electron chi connectivity index (χ3n) is 4.89. The number of carbonyl (C=O) groups excluding carboxylic acids is 1. The second kappa shape index (κ2) is 7.63. The van der Waals surface area contributed by atoms with E-state index in [1.165, 1.54) is 24.3 Å². The number of benzene rings is 3. The van der Waals surface area contributed by atoms with Crippen LogP contribution in [0.2, 0.25) is 0 Å². The molecule has 0 radical (unpaired) electrons. The zero-order valence-electron chi connectivity index (χ0n) is 15.3. The summed E-state index contributed by atoms with van der Waals surface area (Å²) in [5, 5.41) is 20.4. The van der Waals surface area contributed by atoms with Crippen LogP contribution in [0, 0.1) is 10.1 Å². The summed E-state index contributed by atoms with van der Waals surface area (Å²) in [6.45, 7) is 0.413. The highest BCUT2D eigenvalue weighted by molar-refractivity contribution is 5.89. The number of ether oxygens (including phenoxy) is 1. The van der Waals surface area contributed by atoms with Crippen LogP contribution >= 0.6 is 0 Å². The van der Waals surface area contributed by atoms with E-state index in [1.54, 1.807) is 29.2 Å². The number of nitro benzene ring substituents is 1. The van der Waals surface area contributed by atoms with Gasteiger partial charge in [0.1, 0.15) is 17.5 Å². The highest BCUT2D eigenvalue weighted by atomic mass is 16.6. The van der Waals surface area contributed by atoms with E-state index >= 15 is 0 Å². The van der Waals surface area contributed by atoms with Gasteiger partial charge in [0.25, 0.3) is 11.6 Å². The summed E-state index contributed by atoms with van der Waals surface area (Å²) in [5.74, 6) is 0.410. The summed E-state index contributed by atoms with van der Waals surface area (Å²) in [4.78, 5) is 25.0. The van der Waals surface area contributed by atoms with Crippen molar-refractivity contribution in [3.63, 3.8) is 0 Å². The normalized spacial score (nSPS) is 18.2. The molecule has 1 aliphatic rings. The number of hydrogen-bond donors (Lipinski definition) is 1. The van der Waals surface area contributed by atoms with Gasteiger partial charge in [0.2, 0.25) is 6.10 Å². The molecule has 3 aromatic rings. The van der Waals surface area contributed by atoms with Crippen LogP contribution in [0.1, 0.15) is 17.2 Å². The van der Waals surface area contributed by atoms with Gasteiger partial charge in [-0.25, -0.2) is 0 Å². The van der Waals surface area contributed by atoms with Crippen LogP contribution in [0.4, 0.5) is 5.69 Å². The Morgan fingerprint density at radius 3 is 2.24 bits per heavy atom. The Morgan fingerprint density at radius 1 is 0.966 bits per heavy atom. The van der Waals surface area contributed by atoms with E-state index in [0.29, 0.717) is 12.3 Å². The van der Waals surface area contributed by atoms with E-state index in [0.717, 1.165) is 11.1 Å². The predicted octanol–water partition coefficient (Wildman–Crippen LogP) is 3.83. The standard InChI is InChI=1S/C22H18N2O5/c25-18-10-12-19(13-11-18)29-21-20(16-6-8-17(9-7-16)24(27)28)23(22(21)26)14-15-4-2-1-3-5-15/h1-13,20-21,25H,14H2/t20-,21+/m0/s1. The highest BCUT2D eigenvalue weighted by Crippen LogP contribution is 2.39. The molecule has 1 saturated heterocycles. The van der Waals surface area contributed by atoms with E-state index in [9.17, 15) is 20.0 Å². The van der Waals surface area contributed by atoms with E-state index in [1.807, 2.05) is 30.3 Å². The minimum atomic E-state index is -0.746. The minimum absolute atomic E-state index is 0.00925. The van der Waals surface area contributed by atoms with Gasteiger partial charge in [0.05, 0.1) is 4.92 Å². The number of hydrogen-bond acceptors (Lipinski definition) is 5. The lowest BCUT2D eigenvalue weighted by molar-refractivity contribution is -0.384. The van der Waals surface area contributed by atoms with Gasteiger partial charge >= 0.3 is 0 Å². The second-order valence-electron chi connectivity index (χ2n) is 6.78. The van der Waals surface area contributed by atoms with Gasteiger partial charge in [-0.3, -0.25) is 14.9 Å². The smallest absolute Gasteiger partial charge is 0.269 e. The zero-order valence-corrected chi connectivity index (χ0v) is 15.3. The summed E-state index contributed by atoms with van der Waals surface area (Å²) in [7, 11) is 0. The fourth-order valence-corrected chi connectivity index (χ4v) is 3.41. The van der Waals surface area contributed by atoms with Gasteiger partial charge in [-0.2, -0.15) is 0 Å². The van der Waals surface area contributed by atoms with E-state index in [4.69, 9.17) is 4.74 Å². The van der Waals surface area contributed by atoms with Gasteiger partial charge in [-0.1, -0.05) is 30.3 Å². The molecule has 0 aliphatic carbocycles. The maximum absolute atomic E-state index is 12.8. The van der Waals surface area contributed by atoms with Crippen molar-refractivity contribution in [3.8, 4) is 11.5 Å². The van der Waals surface area contributed by atoms with Crippen molar-refractivity contribution in [2.24, 2.45) is 0 Å². The molecular weight excluding hydrogens is 372 g/mol. The molecule has 29 heavy (non-hydrogen) atoms. The number of phenolic OH excluding ortho intramolecular Hbond substituents is 1. The number of rotatable bonds is 6. The van der Waals surface area contributed by atoms with Crippen LogP contribution in [0.3, 0.4) is 0 Å². The molecule has 1 aliphatic heterocycles. The highest BCUT2D eigenvalue weighted by Gasteiger charge is 2.50. The van der Waals surface area contributed by atoms with Crippen LogP contribution < -0.4 is 4.74 Å². The molecule has 0 spiro atoms. The number of nitrogens with zero attached hydrogens (tertiary/aromatic N) is 2. The third kappa shape index (κ3) is 3.75. The number of β-lactam (4-membered cyclic amide) rings is 1. The molecule has 1 amide bonds. The SMILES string of the molecule is O=C1[C@H](Oc2ccc(O)cc2)[C@H](c2ccc([N+](=O)[O-])cc2)N1Cc1ccccc1. The van der Waals surface area contributed by atoms with Gasteiger partial charge < -0.3 is 14.7 Å². The van der Waals surface area contributed by atoms with Crippen molar-refractivity contribution < 1.29 is 19.6 Å². The van der Waals surface area contributed by atoms with Crippen molar-refractivity contribution in [1.82, 2.24) is 4.90 Å². The number of carbonyl (C=O) groups is 1. The Balaban J connectivity index is 1.61. The number of nitro groups is 1. The first-order valence-corrected chi connectivity index (χ1v) is 9.07. The number of non-ortho nitro benzene ring substituents is 1. The Kier molecular flexibility index (Phi) is 4.87. The second-order valence-corrected chi connectivity index (χ2v) is 6.78. The van der Waals surface area contributed by atoms with Crippen LogP contribution in [0.25, 0.3) is 0 Å². The summed E-state index contributed by atoms with van der Waals surface area (Å²) < 4.78 is 5.89. The van der Waals surface area contributed by atoms with Gasteiger partial charge in [0, 0.05) is 18.7 Å². The van der Waals surface area contributed by atoms with Gasteiger partial charge in [-0.15, -0.1) is 0 Å². The van der Waals surface area contributed by atoms with E-state index < -0.39 is 11.0 Å². The first-order valence-electron chi connectivity index (χ1n) is 9.07. The molecule has 0 bridgehead atoms. The molecule has 1 N–H and O–H groups in total. The Hall–Kier alpha value is -3.87. The Bertz CT molecular complexity index is 1020. The summed E-state index contributed by atoms with van der Waals surface area (Å²) in [6, 6.07) is 21.5. The number of aromatic hydroxyl groups is 1. The molecule has 1 heterocycles. The molecule has 0 aromatic heterocycles. The molecule has 0 unspecified atom stereocenters. The van der Waals surface area contributed by atoms with Crippen LogP contribution in [0.5, 0.6) is 11.5 Å². The molecule has 2 atom stereocenters. The van der Waals surface area contributed by atoms with Gasteiger partial charge in [-0.05, 0) is 47.5 Å². The Labute approximate surface area is 166 Å². The first-order chi connectivity index (χ1) is 14.0. The lowest BCUT2D eigenvalue weighted by atomic mass is 9.89. The number of likely N-dealkylation sites (tertiary alicyclic amines) is 1. The molecular formula is C22H18N2O5. The quantitative estimate of drug-likeness (QED) is 0.392. The molecule has 3 aromatic carbocycles. The molecule has 7 heteroatoms. The van der Waals surface area contributed by atoms with Crippen molar-refractivity contribution in [2.75, 3.05) is 0 Å². The zero-order chi connectivity index (χ0) is 20.4. The maximum atomic E-state index is 12.8. The minimum Gasteiger partial charge on any atom is -0.508 e. The van der Waals surface area contributed by atoms with Crippen LogP contribution in [0.15, 0.2) is 78.9 Å². The van der Waals surface area contributed by atoms with Crippen LogP contribution in [-0.2, 0) is 11.3 Å². The van der Waals surface area contributed by atoms with Crippen molar-refractivity contribution in [3.05, 3.63) is 100 Å². The van der Waals surface area contributed by atoms with E-state index in [-0.39, 0.29) is 23.4 Å². The van der Waals surface area contributed by atoms with Gasteiger partial charge in [0.15, 0.2) is 0 Å². The number of phenols is 1.